The van der Waals surface area contributed by atoms with Crippen LogP contribution in [0.3, 0.4) is 0 Å². The first kappa shape index (κ1) is 25.5. The summed E-state index contributed by atoms with van der Waals surface area (Å²) in [7, 11) is 0. The Balaban J connectivity index is 1.53. The van der Waals surface area contributed by atoms with Gasteiger partial charge < -0.3 is 5.73 Å². The summed E-state index contributed by atoms with van der Waals surface area (Å²) in [6.07, 6.45) is 24.6. The minimum Gasteiger partial charge on any atom is -0.325 e. The second kappa shape index (κ2) is 15.1. The topological polar surface area (TPSA) is 63.1 Å². The van der Waals surface area contributed by atoms with E-state index < -0.39 is 5.54 Å². The molecule has 2 rings (SSSR count). The van der Waals surface area contributed by atoms with Gasteiger partial charge >= 0.3 is 0 Å². The third-order valence-corrected chi connectivity index (χ3v) is 6.37. The lowest BCUT2D eigenvalue weighted by Gasteiger charge is -2.28. The second-order valence-electron chi connectivity index (χ2n) is 9.10. The van der Waals surface area contributed by atoms with Crippen LogP contribution in [0.4, 0.5) is 0 Å². The van der Waals surface area contributed by atoms with Gasteiger partial charge in [-0.25, -0.2) is 0 Å². The zero-order valence-electron chi connectivity index (χ0n) is 19.9. The van der Waals surface area contributed by atoms with Crippen LogP contribution in [0.1, 0.15) is 108 Å². The van der Waals surface area contributed by atoms with Gasteiger partial charge in [0, 0.05) is 6.04 Å². The van der Waals surface area contributed by atoms with Gasteiger partial charge in [-0.1, -0.05) is 107 Å². The summed E-state index contributed by atoms with van der Waals surface area (Å²) < 4.78 is 0. The Hall–Kier alpha value is -1.81. The van der Waals surface area contributed by atoms with Gasteiger partial charge in [-0.05, 0) is 49.8 Å². The van der Waals surface area contributed by atoms with Crippen molar-refractivity contribution in [2.24, 2.45) is 21.2 Å². The zero-order chi connectivity index (χ0) is 22.2. The Morgan fingerprint density at radius 1 is 0.839 bits per heavy atom. The molecule has 4 nitrogen and oxygen atoms in total. The van der Waals surface area contributed by atoms with E-state index in [1.165, 1.54) is 82.6 Å². The smallest absolute Gasteiger partial charge is 0.160 e. The van der Waals surface area contributed by atoms with E-state index in [2.05, 4.69) is 65.7 Å². The monoisotopic (exact) mass is 424 g/mol. The molecule has 0 spiro atoms. The summed E-state index contributed by atoms with van der Waals surface area (Å²) in [5.41, 5.74) is 8.31. The lowest BCUT2D eigenvalue weighted by atomic mass is 9.82. The number of nitrogens with zero attached hydrogens (tertiary/aromatic N) is 3. The van der Waals surface area contributed by atoms with Gasteiger partial charge in [-0.3, -0.25) is 0 Å². The Labute approximate surface area is 190 Å². The minimum atomic E-state index is -0.589. The van der Waals surface area contributed by atoms with Crippen LogP contribution in [0.5, 0.6) is 0 Å². The molecule has 0 bridgehead atoms. The number of unbranched alkanes of at least 4 members (excludes halogenated alkanes) is 11. The normalized spacial score (nSPS) is 18.9. The quantitative estimate of drug-likeness (QED) is 0.200. The van der Waals surface area contributed by atoms with E-state index in [0.29, 0.717) is 0 Å². The number of allylic oxidation sites excluding steroid dienone is 2. The van der Waals surface area contributed by atoms with Gasteiger partial charge in [-0.2, -0.15) is 0 Å². The van der Waals surface area contributed by atoms with Gasteiger partial charge in [0.1, 0.15) is 0 Å². The van der Waals surface area contributed by atoms with Crippen molar-refractivity contribution in [3.8, 4) is 0 Å². The first-order valence-electron chi connectivity index (χ1n) is 12.6. The summed E-state index contributed by atoms with van der Waals surface area (Å²) in [4.78, 5) is 0. The van der Waals surface area contributed by atoms with Crippen molar-refractivity contribution >= 4 is 6.21 Å². The van der Waals surface area contributed by atoms with Gasteiger partial charge in [0.2, 0.25) is 0 Å². The van der Waals surface area contributed by atoms with Gasteiger partial charge in [0.25, 0.3) is 0 Å². The van der Waals surface area contributed by atoms with E-state index in [0.717, 1.165) is 18.4 Å². The molecule has 0 saturated carbocycles. The van der Waals surface area contributed by atoms with E-state index >= 15 is 0 Å². The molecule has 31 heavy (non-hydrogen) atoms. The fraction of sp³-hybridized carbons (Fsp3) is 0.667. The molecular formula is C27H44N4. The van der Waals surface area contributed by atoms with Crippen molar-refractivity contribution in [1.82, 2.24) is 0 Å². The third-order valence-electron chi connectivity index (χ3n) is 6.37. The Bertz CT molecular complexity index is 663. The number of aryl methyl sites for hydroxylation is 1. The summed E-state index contributed by atoms with van der Waals surface area (Å²) in [6, 6.07) is 8.33. The number of hydrogen-bond donors (Lipinski definition) is 1. The molecule has 1 aromatic carbocycles. The van der Waals surface area contributed by atoms with E-state index in [1.807, 2.05) is 6.21 Å². The lowest BCUT2D eigenvalue weighted by molar-refractivity contribution is 0.422. The van der Waals surface area contributed by atoms with Crippen LogP contribution in [0, 0.1) is 6.92 Å². The van der Waals surface area contributed by atoms with Crippen LogP contribution < -0.4 is 5.73 Å². The average Bonchev–Trinajstić information content (AvgIpc) is 3.28. The maximum atomic E-state index is 6.58. The predicted octanol–water partition coefficient (Wildman–Crippen LogP) is 8.01. The van der Waals surface area contributed by atoms with Crippen LogP contribution in [-0.2, 0) is 5.54 Å². The molecule has 1 aliphatic rings. The number of nitrogens with two attached hydrogens (primary N) is 1. The molecular weight excluding hydrogens is 380 g/mol. The maximum absolute atomic E-state index is 6.58. The molecule has 0 aromatic heterocycles. The van der Waals surface area contributed by atoms with E-state index in [9.17, 15) is 0 Å². The largest absolute Gasteiger partial charge is 0.325 e. The molecule has 2 unspecified atom stereocenters. The van der Waals surface area contributed by atoms with Crippen LogP contribution in [-0.4, -0.2) is 12.3 Å². The molecule has 2 atom stereocenters. The summed E-state index contributed by atoms with van der Waals surface area (Å²) in [5.74, 6) is 0. The molecule has 0 fully saturated rings. The number of hydrogen-bond acceptors (Lipinski definition) is 4. The third kappa shape index (κ3) is 9.06. The molecule has 4 heteroatoms. The van der Waals surface area contributed by atoms with E-state index in [4.69, 9.17) is 5.73 Å². The van der Waals surface area contributed by atoms with Gasteiger partial charge in [0.05, 0.1) is 6.21 Å². The lowest BCUT2D eigenvalue weighted by Crippen LogP contribution is -2.44. The standard InChI is InChI=1S/C27H44N4/c1-3-4-5-6-7-8-9-10-11-12-13-14-15-16-17-18-26(28)27(23-29-31-30-27)25-21-19-24(2)20-22-25/h10-11,19-23,26H,3-9,12-18,28H2,1-2H3/b11-10-. The summed E-state index contributed by atoms with van der Waals surface area (Å²) in [6.45, 7) is 4.37. The molecule has 0 aliphatic carbocycles. The van der Waals surface area contributed by atoms with Crippen LogP contribution >= 0.6 is 0 Å². The molecule has 1 heterocycles. The number of rotatable bonds is 17. The Kier molecular flexibility index (Phi) is 12.4. The predicted molar refractivity (Wildman–Crippen MR) is 134 cm³/mol. The van der Waals surface area contributed by atoms with Crippen molar-refractivity contribution in [3.05, 3.63) is 47.5 Å². The molecule has 0 saturated heterocycles. The van der Waals surface area contributed by atoms with Crippen molar-refractivity contribution in [3.63, 3.8) is 0 Å². The second-order valence-corrected chi connectivity index (χ2v) is 9.10. The molecule has 2 N–H and O–H groups in total. The first-order chi connectivity index (χ1) is 15.2. The van der Waals surface area contributed by atoms with Crippen molar-refractivity contribution < 1.29 is 0 Å². The van der Waals surface area contributed by atoms with E-state index in [-0.39, 0.29) is 6.04 Å². The number of benzene rings is 1. The molecule has 172 valence electrons. The first-order valence-corrected chi connectivity index (χ1v) is 12.6. The van der Waals surface area contributed by atoms with E-state index in [1.54, 1.807) is 0 Å². The fourth-order valence-electron chi connectivity index (χ4n) is 4.23. The summed E-state index contributed by atoms with van der Waals surface area (Å²) >= 11 is 0. The SMILES string of the molecule is CCCCCCCC/C=C\CCCCCCCC(N)C1(c2ccc(C)cc2)C=NN=N1. The average molecular weight is 425 g/mol. The highest BCUT2D eigenvalue weighted by atomic mass is 15.4. The Morgan fingerprint density at radius 2 is 1.42 bits per heavy atom. The minimum absolute atomic E-state index is 0.0879. The molecule has 1 aromatic rings. The fourth-order valence-corrected chi connectivity index (χ4v) is 4.23. The summed E-state index contributed by atoms with van der Waals surface area (Å²) in [5, 5.41) is 12.3. The maximum Gasteiger partial charge on any atom is 0.160 e. The molecule has 1 aliphatic heterocycles. The Morgan fingerprint density at radius 3 is 2.00 bits per heavy atom. The zero-order valence-corrected chi connectivity index (χ0v) is 19.9. The highest BCUT2D eigenvalue weighted by Gasteiger charge is 2.39. The van der Waals surface area contributed by atoms with Gasteiger partial charge in [0.15, 0.2) is 5.54 Å². The van der Waals surface area contributed by atoms with Crippen molar-refractivity contribution in [1.29, 1.82) is 0 Å². The van der Waals surface area contributed by atoms with Crippen molar-refractivity contribution in [2.75, 3.05) is 0 Å². The van der Waals surface area contributed by atoms with Crippen LogP contribution in [0.2, 0.25) is 0 Å². The molecule has 0 radical (unpaired) electrons. The highest BCUT2D eigenvalue weighted by Crippen LogP contribution is 2.33. The van der Waals surface area contributed by atoms with Crippen LogP contribution in [0.15, 0.2) is 51.9 Å². The van der Waals surface area contributed by atoms with Crippen LogP contribution in [0.25, 0.3) is 0 Å². The van der Waals surface area contributed by atoms with Gasteiger partial charge in [-0.15, -0.1) is 10.2 Å². The highest BCUT2D eigenvalue weighted by molar-refractivity contribution is 5.75. The van der Waals surface area contributed by atoms with Crippen molar-refractivity contribution in [2.45, 2.75) is 115 Å². The molecule has 0 amide bonds.